The van der Waals surface area contributed by atoms with Gasteiger partial charge >= 0.3 is 0 Å². The van der Waals surface area contributed by atoms with E-state index in [4.69, 9.17) is 9.47 Å². The van der Waals surface area contributed by atoms with Crippen molar-refractivity contribution >= 4 is 5.69 Å². The minimum atomic E-state index is -1.71. The molecule has 0 saturated heterocycles. The summed E-state index contributed by atoms with van der Waals surface area (Å²) < 4.78 is 63.6. The zero-order valence-electron chi connectivity index (χ0n) is 12.4. The molecule has 0 aliphatic heterocycles. The number of ether oxygens (including phenoxy) is 2. The van der Waals surface area contributed by atoms with Crippen LogP contribution >= 0.6 is 0 Å². The molecule has 0 aliphatic carbocycles. The fourth-order valence-corrected chi connectivity index (χ4v) is 1.93. The largest absolute Gasteiger partial charge is 0.493 e. The average Bonchev–Trinajstić information content (AvgIpc) is 2.53. The summed E-state index contributed by atoms with van der Waals surface area (Å²) in [5.41, 5.74) is -0.338. The molecule has 0 aliphatic rings. The van der Waals surface area contributed by atoms with Crippen molar-refractivity contribution in [2.45, 2.75) is 13.5 Å². The molecule has 2 rings (SSSR count). The van der Waals surface area contributed by atoms with Crippen molar-refractivity contribution in [3.05, 3.63) is 47.3 Å². The number of hydrogen-bond acceptors (Lipinski definition) is 4. The maximum atomic E-state index is 13.5. The summed E-state index contributed by atoms with van der Waals surface area (Å²) in [5.74, 6) is -5.64. The van der Waals surface area contributed by atoms with Gasteiger partial charge in [-0.15, -0.1) is 0 Å². The van der Waals surface area contributed by atoms with E-state index < -0.39 is 29.2 Å². The summed E-state index contributed by atoms with van der Waals surface area (Å²) in [6.07, 6.45) is 0. The Morgan fingerprint density at radius 3 is 2.26 bits per heavy atom. The smallest absolute Gasteiger partial charge is 0.253 e. The highest BCUT2D eigenvalue weighted by molar-refractivity contribution is 5.48. The lowest BCUT2D eigenvalue weighted by Crippen LogP contribution is -2.09. The Morgan fingerprint density at radius 1 is 1.04 bits per heavy atom. The highest BCUT2D eigenvalue weighted by Crippen LogP contribution is 2.29. The van der Waals surface area contributed by atoms with Crippen LogP contribution in [0.5, 0.6) is 11.5 Å². The van der Waals surface area contributed by atoms with Gasteiger partial charge in [0.1, 0.15) is 5.69 Å². The maximum Gasteiger partial charge on any atom is 0.253 e. The molecule has 8 heteroatoms. The van der Waals surface area contributed by atoms with E-state index in [1.54, 1.807) is 25.1 Å². The second-order valence-electron chi connectivity index (χ2n) is 4.47. The quantitative estimate of drug-likeness (QED) is 0.648. The third kappa shape index (κ3) is 3.64. The van der Waals surface area contributed by atoms with Crippen LogP contribution in [-0.2, 0) is 6.54 Å². The van der Waals surface area contributed by atoms with Gasteiger partial charge in [0.15, 0.2) is 11.5 Å². The number of nitrogens with zero attached hydrogens (tertiary/aromatic N) is 1. The van der Waals surface area contributed by atoms with Crippen molar-refractivity contribution in [2.75, 3.05) is 19.0 Å². The first-order chi connectivity index (χ1) is 11.0. The molecule has 0 fully saturated rings. The molecule has 1 aromatic carbocycles. The molecular formula is C15H14F4N2O2. The first kappa shape index (κ1) is 16.9. The van der Waals surface area contributed by atoms with E-state index in [1.807, 2.05) is 0 Å². The molecule has 2 aromatic rings. The van der Waals surface area contributed by atoms with E-state index in [-0.39, 0.29) is 6.54 Å². The van der Waals surface area contributed by atoms with Crippen molar-refractivity contribution in [2.24, 2.45) is 0 Å². The Kier molecular flexibility index (Phi) is 5.25. The van der Waals surface area contributed by atoms with Crippen LogP contribution in [0.15, 0.2) is 18.2 Å². The molecule has 1 heterocycles. The predicted molar refractivity (Wildman–Crippen MR) is 75.6 cm³/mol. The Morgan fingerprint density at radius 2 is 1.70 bits per heavy atom. The highest BCUT2D eigenvalue weighted by atomic mass is 19.2. The van der Waals surface area contributed by atoms with Crippen molar-refractivity contribution in [1.29, 1.82) is 0 Å². The minimum absolute atomic E-state index is 0.0825. The van der Waals surface area contributed by atoms with E-state index in [2.05, 4.69) is 10.3 Å². The molecular weight excluding hydrogens is 316 g/mol. The van der Waals surface area contributed by atoms with E-state index in [0.717, 1.165) is 0 Å². The topological polar surface area (TPSA) is 43.4 Å². The van der Waals surface area contributed by atoms with Crippen LogP contribution in [0, 0.1) is 23.5 Å². The second-order valence-corrected chi connectivity index (χ2v) is 4.47. The van der Waals surface area contributed by atoms with Crippen molar-refractivity contribution < 1.29 is 27.0 Å². The molecule has 23 heavy (non-hydrogen) atoms. The van der Waals surface area contributed by atoms with E-state index in [0.29, 0.717) is 23.7 Å². The summed E-state index contributed by atoms with van der Waals surface area (Å²) in [6, 6.07) is 4.83. The SMILES string of the molecule is CCOc1cc(CNc2c(F)c(F)nc(F)c2F)ccc1OC. The first-order valence-corrected chi connectivity index (χ1v) is 6.71. The van der Waals surface area contributed by atoms with E-state index in [1.165, 1.54) is 7.11 Å². The van der Waals surface area contributed by atoms with Gasteiger partial charge in [0.25, 0.3) is 11.9 Å². The molecule has 0 spiro atoms. The van der Waals surface area contributed by atoms with Crippen LogP contribution in [-0.4, -0.2) is 18.7 Å². The van der Waals surface area contributed by atoms with Gasteiger partial charge in [-0.2, -0.15) is 22.5 Å². The lowest BCUT2D eigenvalue weighted by molar-refractivity contribution is 0.310. The Hall–Kier alpha value is -2.51. The molecule has 0 bridgehead atoms. The summed E-state index contributed by atoms with van der Waals surface area (Å²) in [6.45, 7) is 2.11. The van der Waals surface area contributed by atoms with Gasteiger partial charge in [0.05, 0.1) is 13.7 Å². The summed E-state index contributed by atoms with van der Waals surface area (Å²) in [4.78, 5) is 2.49. The predicted octanol–water partition coefficient (Wildman–Crippen LogP) is 3.66. The number of hydrogen-bond donors (Lipinski definition) is 1. The second kappa shape index (κ2) is 7.17. The molecule has 0 unspecified atom stereocenters. The van der Waals surface area contributed by atoms with Crippen LogP contribution in [0.2, 0.25) is 0 Å². The van der Waals surface area contributed by atoms with E-state index >= 15 is 0 Å². The number of anilines is 1. The van der Waals surface area contributed by atoms with Crippen LogP contribution < -0.4 is 14.8 Å². The lowest BCUT2D eigenvalue weighted by atomic mass is 10.2. The maximum absolute atomic E-state index is 13.5. The van der Waals surface area contributed by atoms with Gasteiger partial charge in [0.2, 0.25) is 11.6 Å². The van der Waals surface area contributed by atoms with Crippen LogP contribution in [0.25, 0.3) is 0 Å². The number of rotatable bonds is 6. The van der Waals surface area contributed by atoms with Gasteiger partial charge in [-0.3, -0.25) is 0 Å². The van der Waals surface area contributed by atoms with Crippen LogP contribution in [0.1, 0.15) is 12.5 Å². The normalized spacial score (nSPS) is 10.5. The molecule has 0 amide bonds. The van der Waals surface area contributed by atoms with E-state index in [9.17, 15) is 17.6 Å². The monoisotopic (exact) mass is 330 g/mol. The Balaban J connectivity index is 2.23. The zero-order chi connectivity index (χ0) is 17.0. The van der Waals surface area contributed by atoms with Gasteiger partial charge in [0, 0.05) is 6.54 Å². The van der Waals surface area contributed by atoms with Crippen molar-refractivity contribution in [3.8, 4) is 11.5 Å². The lowest BCUT2D eigenvalue weighted by Gasteiger charge is -2.13. The fourth-order valence-electron chi connectivity index (χ4n) is 1.93. The van der Waals surface area contributed by atoms with Gasteiger partial charge in [-0.05, 0) is 24.6 Å². The molecule has 0 radical (unpaired) electrons. The Labute approximate surface area is 130 Å². The zero-order valence-corrected chi connectivity index (χ0v) is 12.4. The minimum Gasteiger partial charge on any atom is -0.493 e. The number of nitrogens with one attached hydrogen (secondary N) is 1. The van der Waals surface area contributed by atoms with Gasteiger partial charge < -0.3 is 14.8 Å². The van der Waals surface area contributed by atoms with Crippen LogP contribution in [0.4, 0.5) is 23.2 Å². The van der Waals surface area contributed by atoms with Crippen molar-refractivity contribution in [1.82, 2.24) is 4.98 Å². The summed E-state index contributed by atoms with van der Waals surface area (Å²) >= 11 is 0. The first-order valence-electron chi connectivity index (χ1n) is 6.71. The van der Waals surface area contributed by atoms with Gasteiger partial charge in [-0.1, -0.05) is 6.07 Å². The number of methoxy groups -OCH3 is 1. The number of pyridine rings is 1. The Bertz CT molecular complexity index is 684. The van der Waals surface area contributed by atoms with Crippen LogP contribution in [0.3, 0.4) is 0 Å². The number of aromatic nitrogens is 1. The average molecular weight is 330 g/mol. The molecule has 4 nitrogen and oxygen atoms in total. The molecule has 124 valence electrons. The molecule has 1 aromatic heterocycles. The summed E-state index contributed by atoms with van der Waals surface area (Å²) in [5, 5.41) is 2.32. The van der Waals surface area contributed by atoms with Crippen molar-refractivity contribution in [3.63, 3.8) is 0 Å². The number of benzene rings is 1. The third-order valence-corrected chi connectivity index (χ3v) is 2.99. The third-order valence-electron chi connectivity index (χ3n) is 2.99. The molecule has 0 saturated carbocycles. The number of halogens is 4. The molecule has 1 N–H and O–H groups in total. The standard InChI is InChI=1S/C15H14F4N2O2/c1-3-23-10-6-8(4-5-9(10)22-2)7-20-13-11(16)14(18)21-15(19)12(13)17/h4-6H,3,7H2,1-2H3,(H,20,21). The molecule has 0 atom stereocenters. The summed E-state index contributed by atoms with van der Waals surface area (Å²) in [7, 11) is 1.48. The fraction of sp³-hybridized carbons (Fsp3) is 0.267. The highest BCUT2D eigenvalue weighted by Gasteiger charge is 2.20. The van der Waals surface area contributed by atoms with Gasteiger partial charge in [-0.25, -0.2) is 0 Å².